The highest BCUT2D eigenvalue weighted by Crippen LogP contribution is 2.55. The van der Waals surface area contributed by atoms with Gasteiger partial charge in [-0.25, -0.2) is 14.2 Å². The van der Waals surface area contributed by atoms with Crippen molar-refractivity contribution in [1.29, 1.82) is 0 Å². The molecule has 4 amide bonds. The number of hydrogen-bond acceptors (Lipinski definition) is 11. The molecule has 0 radical (unpaired) electrons. The second kappa shape index (κ2) is 27.5. The molecule has 16 heteroatoms. The predicted octanol–water partition coefficient (Wildman–Crippen LogP) is 10.7. The van der Waals surface area contributed by atoms with Gasteiger partial charge in [0, 0.05) is 25.0 Å². The van der Waals surface area contributed by atoms with Gasteiger partial charge in [0.15, 0.2) is 0 Å². The first-order chi connectivity index (χ1) is 35.6. The maximum Gasteiger partial charge on any atom is 0.531 e. The van der Waals surface area contributed by atoms with Crippen molar-refractivity contribution in [2.24, 2.45) is 5.92 Å². The van der Waals surface area contributed by atoms with Crippen LogP contribution >= 0.6 is 7.82 Å². The van der Waals surface area contributed by atoms with Crippen molar-refractivity contribution >= 4 is 37.6 Å². The number of carbonyl (C=O) groups excluding carboxylic acids is 5. The minimum atomic E-state index is -4.16. The molecule has 0 aliphatic carbocycles. The Bertz CT molecular complexity index is 2570. The molecule has 0 fully saturated rings. The Morgan fingerprint density at radius 1 is 0.600 bits per heavy atom. The monoisotopic (exact) mass is 1040 g/mol. The predicted molar refractivity (Wildman–Crippen MR) is 289 cm³/mol. The highest BCUT2D eigenvalue weighted by Gasteiger charge is 2.40. The molecule has 0 unspecified atom stereocenters. The van der Waals surface area contributed by atoms with Crippen LogP contribution in [0.5, 0.6) is 5.75 Å². The molecule has 0 heterocycles. The van der Waals surface area contributed by atoms with E-state index in [0.717, 1.165) is 22.3 Å². The molecular formula is C59H73N4O11P. The van der Waals surface area contributed by atoms with Crippen LogP contribution in [0.4, 0.5) is 4.79 Å². The summed E-state index contributed by atoms with van der Waals surface area (Å²) in [5.74, 6) is -2.23. The molecule has 400 valence electrons. The van der Waals surface area contributed by atoms with E-state index in [9.17, 15) is 28.5 Å². The fraction of sp³-hybridized carbons (Fsp3) is 0.373. The average molecular weight is 1050 g/mol. The van der Waals surface area contributed by atoms with Crippen molar-refractivity contribution in [3.05, 3.63) is 186 Å². The number of esters is 1. The van der Waals surface area contributed by atoms with E-state index in [1.54, 1.807) is 84.9 Å². The second-order valence-electron chi connectivity index (χ2n) is 20.4. The molecule has 0 spiro atoms. The first kappa shape index (κ1) is 58.8. The number of alkyl carbamates (subject to hydrolysis) is 1. The summed E-state index contributed by atoms with van der Waals surface area (Å²) in [5.41, 5.74) is 0.891. The van der Waals surface area contributed by atoms with E-state index >= 15 is 0 Å². The molecule has 0 aromatic heterocycles. The number of benzene rings is 5. The number of amides is 4. The quantitative estimate of drug-likeness (QED) is 0.0188. The lowest BCUT2D eigenvalue weighted by Gasteiger charge is -2.37. The van der Waals surface area contributed by atoms with Crippen LogP contribution in [0.3, 0.4) is 0 Å². The van der Waals surface area contributed by atoms with E-state index in [-0.39, 0.29) is 56.5 Å². The Hall–Kier alpha value is -7.06. The first-order valence-electron chi connectivity index (χ1n) is 25.3. The molecule has 0 aliphatic heterocycles. The molecule has 0 saturated heterocycles. The summed E-state index contributed by atoms with van der Waals surface area (Å²) in [5, 5.41) is 11.9. The molecule has 0 bridgehead atoms. The maximum absolute atomic E-state index is 14.8. The van der Waals surface area contributed by atoms with Gasteiger partial charge in [0.05, 0.1) is 17.8 Å². The summed E-state index contributed by atoms with van der Waals surface area (Å²) in [6.45, 7) is 15.9. The smallest absolute Gasteiger partial charge is 0.463 e. The van der Waals surface area contributed by atoms with Crippen LogP contribution < -0.4 is 25.8 Å². The van der Waals surface area contributed by atoms with Gasteiger partial charge in [-0.3, -0.25) is 23.4 Å². The summed E-state index contributed by atoms with van der Waals surface area (Å²) < 4.78 is 42.1. The van der Waals surface area contributed by atoms with Crippen molar-refractivity contribution in [3.63, 3.8) is 0 Å². The van der Waals surface area contributed by atoms with Crippen molar-refractivity contribution in [2.75, 3.05) is 6.61 Å². The normalized spacial score (nSPS) is 13.3. The zero-order valence-electron chi connectivity index (χ0n) is 44.5. The maximum atomic E-state index is 14.8. The Kier molecular flexibility index (Phi) is 21.5. The summed E-state index contributed by atoms with van der Waals surface area (Å²) in [6.07, 6.45) is 1.85. The van der Waals surface area contributed by atoms with Crippen LogP contribution in [0, 0.1) is 5.92 Å². The van der Waals surface area contributed by atoms with Crippen molar-refractivity contribution in [2.45, 2.75) is 129 Å². The molecule has 0 aliphatic rings. The lowest BCUT2D eigenvalue weighted by molar-refractivity contribution is -0.137. The van der Waals surface area contributed by atoms with Crippen molar-refractivity contribution in [3.8, 4) is 5.75 Å². The number of phosphoric ester groups is 1. The van der Waals surface area contributed by atoms with Gasteiger partial charge in [0.1, 0.15) is 30.0 Å². The van der Waals surface area contributed by atoms with Gasteiger partial charge < -0.3 is 35.3 Å². The van der Waals surface area contributed by atoms with E-state index in [0.29, 0.717) is 5.56 Å². The zero-order chi connectivity index (χ0) is 54.7. The lowest BCUT2D eigenvalue weighted by atomic mass is 9.77. The van der Waals surface area contributed by atoms with E-state index in [1.807, 2.05) is 123 Å². The van der Waals surface area contributed by atoms with Gasteiger partial charge in [-0.05, 0) is 107 Å². The molecule has 0 saturated carbocycles. The number of nitrogens with one attached hydrogen (secondary N) is 4. The van der Waals surface area contributed by atoms with Crippen molar-refractivity contribution in [1.82, 2.24) is 21.3 Å². The first-order valence-corrected chi connectivity index (χ1v) is 26.7. The van der Waals surface area contributed by atoms with E-state index < -0.39 is 66.6 Å². The van der Waals surface area contributed by atoms with Gasteiger partial charge >= 0.3 is 19.9 Å². The van der Waals surface area contributed by atoms with E-state index in [2.05, 4.69) is 21.3 Å². The topological polar surface area (TPSA) is 197 Å². The Morgan fingerprint density at radius 3 is 1.57 bits per heavy atom. The largest absolute Gasteiger partial charge is 0.531 e. The van der Waals surface area contributed by atoms with Crippen LogP contribution in [0.25, 0.3) is 0 Å². The summed E-state index contributed by atoms with van der Waals surface area (Å²) >= 11 is 0. The van der Waals surface area contributed by atoms with Gasteiger partial charge in [-0.1, -0.05) is 153 Å². The van der Waals surface area contributed by atoms with E-state index in [4.69, 9.17) is 23.0 Å². The summed E-state index contributed by atoms with van der Waals surface area (Å²) in [7, 11) is -4.16. The van der Waals surface area contributed by atoms with Crippen molar-refractivity contribution < 1.29 is 51.6 Å². The van der Waals surface area contributed by atoms with Crippen LogP contribution in [0.2, 0.25) is 0 Å². The third-order valence-electron chi connectivity index (χ3n) is 11.2. The Balaban J connectivity index is 1.45. The molecule has 75 heavy (non-hydrogen) atoms. The number of hydrogen-bond donors (Lipinski definition) is 4. The third-order valence-corrected chi connectivity index (χ3v) is 13.2. The fourth-order valence-corrected chi connectivity index (χ4v) is 9.93. The second-order valence-corrected chi connectivity index (χ2v) is 21.8. The molecule has 3 atom stereocenters. The Labute approximate surface area is 442 Å². The lowest BCUT2D eigenvalue weighted by Crippen LogP contribution is -2.55. The number of ether oxygens (including phenoxy) is 2. The molecule has 5 aromatic rings. The SMILES string of the molecule is CCOC(=O)/C=C/[C@H](CCC(=O)NC(c1ccccc1)(c1ccccc1)c1ccccc1)NC(=O)[C@H](Cc1ccc(OP(=O)(OC(C)(C)C)OC(C)(C)C)cc1)NC(=O)[C@H](CC(C)C)NC(=O)OCc1ccccc1. The number of rotatable bonds is 25. The minimum Gasteiger partial charge on any atom is -0.463 e. The summed E-state index contributed by atoms with van der Waals surface area (Å²) in [6, 6.07) is 41.1. The molecule has 15 nitrogen and oxygen atoms in total. The van der Waals surface area contributed by atoms with Crippen LogP contribution in [-0.2, 0) is 60.8 Å². The van der Waals surface area contributed by atoms with Crippen LogP contribution in [0.1, 0.15) is 109 Å². The molecule has 4 N–H and O–H groups in total. The number of carbonyl (C=O) groups is 5. The van der Waals surface area contributed by atoms with Crippen LogP contribution in [-0.4, -0.2) is 65.7 Å². The molecular weight excluding hydrogens is 972 g/mol. The van der Waals surface area contributed by atoms with Gasteiger partial charge in [-0.15, -0.1) is 0 Å². The van der Waals surface area contributed by atoms with Gasteiger partial charge in [0.2, 0.25) is 17.7 Å². The highest BCUT2D eigenvalue weighted by molar-refractivity contribution is 7.49. The van der Waals surface area contributed by atoms with E-state index in [1.165, 1.54) is 12.2 Å². The average Bonchev–Trinajstić information content (AvgIpc) is 3.35. The number of phosphoric acid groups is 1. The van der Waals surface area contributed by atoms with Crippen LogP contribution in [0.15, 0.2) is 158 Å². The minimum absolute atomic E-state index is 0.0206. The highest BCUT2D eigenvalue weighted by atomic mass is 31.2. The molecule has 5 rings (SSSR count). The summed E-state index contributed by atoms with van der Waals surface area (Å²) in [4.78, 5) is 69.5. The van der Waals surface area contributed by atoms with Gasteiger partial charge in [0.25, 0.3) is 0 Å². The Morgan fingerprint density at radius 2 is 1.09 bits per heavy atom. The molecule has 5 aromatic carbocycles. The zero-order valence-corrected chi connectivity index (χ0v) is 45.4. The standard InChI is InChI=1S/C59H73N4O11P/c1-10-70-53(65)38-34-48(33-37-52(64)63-59(45-25-17-12-18-26-45,46-27-19-13-20-28-46)47-29-21-14-22-30-47)60-54(66)51(61-55(67)50(39-42(2)3)62-56(68)71-41-44-23-15-11-16-24-44)40-43-31-35-49(36-32-43)72-75(69,73-57(4,5)6)74-58(7,8)9/h11-32,34-36,38,42,48,50-51H,10,33,37,39-41H2,1-9H3,(H,60,66)(H,61,67)(H,62,68)(H,63,64)/b38-34+/t48-,50-,51-/m0/s1. The van der Waals surface area contributed by atoms with Gasteiger partial charge in [-0.2, -0.15) is 0 Å². The fourth-order valence-electron chi connectivity index (χ4n) is 8.09. The third kappa shape index (κ3) is 19.3.